The molecule has 2 aromatic rings. The second-order valence-electron chi connectivity index (χ2n) is 4.66. The molecule has 0 bridgehead atoms. The molecule has 0 spiro atoms. The minimum Gasteiger partial charge on any atom is -0.354 e. The predicted molar refractivity (Wildman–Crippen MR) is 70.5 cm³/mol. The minimum atomic E-state index is -0.310. The van der Waals surface area contributed by atoms with Crippen LogP contribution in [0.5, 0.6) is 0 Å². The molecule has 1 amide bonds. The third-order valence-electron chi connectivity index (χ3n) is 3.45. The van der Waals surface area contributed by atoms with Gasteiger partial charge in [-0.1, -0.05) is 0 Å². The minimum absolute atomic E-state index is 0.0686. The highest BCUT2D eigenvalue weighted by Gasteiger charge is 2.23. The maximum atomic E-state index is 13.2. The highest BCUT2D eigenvalue weighted by Crippen LogP contribution is 2.27. The molecule has 1 aromatic carbocycles. The van der Waals surface area contributed by atoms with Crippen molar-refractivity contribution in [3.05, 3.63) is 29.8 Å². The number of rotatable bonds is 2. The largest absolute Gasteiger partial charge is 0.354 e. The van der Waals surface area contributed by atoms with Gasteiger partial charge in [0, 0.05) is 19.0 Å². The zero-order valence-corrected chi connectivity index (χ0v) is 11.0. The number of carbonyl (C=O) groups is 1. The third kappa shape index (κ3) is 2.18. The molecule has 1 aromatic heterocycles. The Balaban J connectivity index is 2.08. The molecular formula is C13H13ClFN3O. The van der Waals surface area contributed by atoms with Crippen molar-refractivity contribution in [1.82, 2.24) is 14.9 Å². The molecule has 4 nitrogen and oxygen atoms in total. The standard InChI is InChI=1S/C13H13ClFN3O/c14-6-12-17-10-5-8(15)1-3-11(10)18(12)9-2-4-13(19)16-7-9/h1,3,5,9H,2,4,6-7H2,(H,16,19). The number of carbonyl (C=O) groups excluding carboxylic acids is 1. The first kappa shape index (κ1) is 12.4. The Kier molecular flexibility index (Phi) is 3.14. The highest BCUT2D eigenvalue weighted by atomic mass is 35.5. The summed E-state index contributed by atoms with van der Waals surface area (Å²) in [5, 5.41) is 2.84. The lowest BCUT2D eigenvalue weighted by molar-refractivity contribution is -0.122. The van der Waals surface area contributed by atoms with Crippen LogP contribution in [0.3, 0.4) is 0 Å². The lowest BCUT2D eigenvalue weighted by atomic mass is 10.1. The number of hydrogen-bond acceptors (Lipinski definition) is 2. The van der Waals surface area contributed by atoms with Gasteiger partial charge in [0.1, 0.15) is 11.6 Å². The van der Waals surface area contributed by atoms with E-state index in [1.54, 1.807) is 6.07 Å². The Hall–Kier alpha value is -1.62. The topological polar surface area (TPSA) is 46.9 Å². The second-order valence-corrected chi connectivity index (χ2v) is 4.93. The summed E-state index contributed by atoms with van der Waals surface area (Å²) in [5.74, 6) is 0.735. The molecule has 1 N–H and O–H groups in total. The number of halogens is 2. The van der Waals surface area contributed by atoms with E-state index in [0.29, 0.717) is 24.3 Å². The van der Waals surface area contributed by atoms with Crippen LogP contribution in [0.25, 0.3) is 11.0 Å². The fourth-order valence-electron chi connectivity index (χ4n) is 2.56. The zero-order valence-electron chi connectivity index (χ0n) is 10.2. The van der Waals surface area contributed by atoms with Gasteiger partial charge in [0.05, 0.1) is 23.0 Å². The predicted octanol–water partition coefficient (Wildman–Crippen LogP) is 2.37. The van der Waals surface area contributed by atoms with Gasteiger partial charge in [0.15, 0.2) is 0 Å². The van der Waals surface area contributed by atoms with Crippen molar-refractivity contribution in [2.45, 2.75) is 24.8 Å². The van der Waals surface area contributed by atoms with Gasteiger partial charge in [0.25, 0.3) is 0 Å². The number of aromatic nitrogens is 2. The van der Waals surface area contributed by atoms with Gasteiger partial charge in [0.2, 0.25) is 5.91 Å². The molecule has 2 heterocycles. The Morgan fingerprint density at radius 2 is 2.37 bits per heavy atom. The molecular weight excluding hydrogens is 269 g/mol. The number of hydrogen-bond donors (Lipinski definition) is 1. The summed E-state index contributed by atoms with van der Waals surface area (Å²) in [6.45, 7) is 0.561. The Morgan fingerprint density at radius 1 is 1.53 bits per heavy atom. The summed E-state index contributed by atoms with van der Waals surface area (Å²) in [6, 6.07) is 4.66. The van der Waals surface area contributed by atoms with E-state index in [1.807, 2.05) is 4.57 Å². The summed E-state index contributed by atoms with van der Waals surface area (Å²) in [6.07, 6.45) is 1.24. The van der Waals surface area contributed by atoms with Crippen molar-refractivity contribution in [3.63, 3.8) is 0 Å². The monoisotopic (exact) mass is 281 g/mol. The van der Waals surface area contributed by atoms with E-state index in [2.05, 4.69) is 10.3 Å². The number of benzene rings is 1. The molecule has 0 radical (unpaired) electrons. The van der Waals surface area contributed by atoms with Crippen LogP contribution in [-0.4, -0.2) is 22.0 Å². The van der Waals surface area contributed by atoms with Crippen molar-refractivity contribution >= 4 is 28.5 Å². The maximum absolute atomic E-state index is 13.2. The van der Waals surface area contributed by atoms with E-state index in [-0.39, 0.29) is 23.6 Å². The molecule has 19 heavy (non-hydrogen) atoms. The van der Waals surface area contributed by atoms with Crippen LogP contribution in [0, 0.1) is 5.82 Å². The van der Waals surface area contributed by atoms with Crippen LogP contribution in [-0.2, 0) is 10.7 Å². The van der Waals surface area contributed by atoms with Crippen LogP contribution < -0.4 is 5.32 Å². The summed E-state index contributed by atoms with van der Waals surface area (Å²) in [4.78, 5) is 15.6. The van der Waals surface area contributed by atoms with Crippen LogP contribution in [0.1, 0.15) is 24.7 Å². The third-order valence-corrected chi connectivity index (χ3v) is 3.69. The van der Waals surface area contributed by atoms with Crippen LogP contribution in [0.2, 0.25) is 0 Å². The van der Waals surface area contributed by atoms with Gasteiger partial charge in [-0.05, 0) is 18.6 Å². The molecule has 0 saturated carbocycles. The van der Waals surface area contributed by atoms with Gasteiger partial charge in [-0.15, -0.1) is 11.6 Å². The first-order valence-corrected chi connectivity index (χ1v) is 6.71. The normalized spacial score (nSPS) is 19.7. The first-order chi connectivity index (χ1) is 9.19. The molecule has 1 fully saturated rings. The van der Waals surface area contributed by atoms with Gasteiger partial charge in [-0.2, -0.15) is 0 Å². The lowest BCUT2D eigenvalue weighted by Gasteiger charge is -2.25. The van der Waals surface area contributed by atoms with Crippen molar-refractivity contribution in [2.24, 2.45) is 0 Å². The summed E-state index contributed by atoms with van der Waals surface area (Å²) in [5.41, 5.74) is 1.46. The van der Waals surface area contributed by atoms with E-state index in [0.717, 1.165) is 11.9 Å². The number of nitrogens with zero attached hydrogens (tertiary/aromatic N) is 2. The van der Waals surface area contributed by atoms with Gasteiger partial charge in [-0.3, -0.25) is 4.79 Å². The molecule has 100 valence electrons. The van der Waals surface area contributed by atoms with Gasteiger partial charge in [-0.25, -0.2) is 9.37 Å². The molecule has 6 heteroatoms. The van der Waals surface area contributed by atoms with Crippen molar-refractivity contribution in [2.75, 3.05) is 6.54 Å². The molecule has 1 saturated heterocycles. The zero-order chi connectivity index (χ0) is 13.4. The maximum Gasteiger partial charge on any atom is 0.220 e. The average Bonchev–Trinajstić information content (AvgIpc) is 2.77. The van der Waals surface area contributed by atoms with E-state index >= 15 is 0 Å². The fourth-order valence-corrected chi connectivity index (χ4v) is 2.75. The van der Waals surface area contributed by atoms with E-state index in [1.165, 1.54) is 12.1 Å². The number of imidazole rings is 1. The summed E-state index contributed by atoms with van der Waals surface area (Å²) >= 11 is 5.93. The number of piperidine rings is 1. The van der Waals surface area contributed by atoms with Crippen LogP contribution in [0.4, 0.5) is 4.39 Å². The Labute approximate surface area is 114 Å². The SMILES string of the molecule is O=C1CCC(n2c(CCl)nc3cc(F)ccc32)CN1. The van der Waals surface area contributed by atoms with E-state index in [9.17, 15) is 9.18 Å². The quantitative estimate of drug-likeness (QED) is 0.859. The molecule has 0 aliphatic carbocycles. The first-order valence-electron chi connectivity index (χ1n) is 6.18. The second kappa shape index (κ2) is 4.81. The highest BCUT2D eigenvalue weighted by molar-refractivity contribution is 6.16. The molecule has 1 atom stereocenters. The summed E-state index contributed by atoms with van der Waals surface area (Å²) in [7, 11) is 0. The molecule has 1 aliphatic heterocycles. The van der Waals surface area contributed by atoms with E-state index in [4.69, 9.17) is 11.6 Å². The Morgan fingerprint density at radius 3 is 3.05 bits per heavy atom. The van der Waals surface area contributed by atoms with E-state index < -0.39 is 0 Å². The average molecular weight is 282 g/mol. The molecule has 1 aliphatic rings. The Bertz CT molecular complexity index is 630. The van der Waals surface area contributed by atoms with Crippen molar-refractivity contribution in [3.8, 4) is 0 Å². The van der Waals surface area contributed by atoms with Crippen LogP contribution >= 0.6 is 11.6 Å². The van der Waals surface area contributed by atoms with Crippen molar-refractivity contribution < 1.29 is 9.18 Å². The number of fused-ring (bicyclic) bond motifs is 1. The molecule has 1 unspecified atom stereocenters. The van der Waals surface area contributed by atoms with Crippen LogP contribution in [0.15, 0.2) is 18.2 Å². The fraction of sp³-hybridized carbons (Fsp3) is 0.385. The number of nitrogens with one attached hydrogen (secondary N) is 1. The van der Waals surface area contributed by atoms with Gasteiger partial charge < -0.3 is 9.88 Å². The van der Waals surface area contributed by atoms with Crippen molar-refractivity contribution in [1.29, 1.82) is 0 Å². The number of alkyl halides is 1. The molecule has 3 rings (SSSR count). The number of amides is 1. The lowest BCUT2D eigenvalue weighted by Crippen LogP contribution is -2.36. The summed E-state index contributed by atoms with van der Waals surface area (Å²) < 4.78 is 15.3. The smallest absolute Gasteiger partial charge is 0.220 e. The van der Waals surface area contributed by atoms with Gasteiger partial charge >= 0.3 is 0 Å².